The Kier molecular flexibility index (Phi) is 6.21. The summed E-state index contributed by atoms with van der Waals surface area (Å²) in [6, 6.07) is 21.9. The van der Waals surface area contributed by atoms with E-state index in [4.69, 9.17) is 29.9 Å². The van der Waals surface area contributed by atoms with E-state index < -0.39 is 0 Å². The lowest BCUT2D eigenvalue weighted by Crippen LogP contribution is -2.08. The molecule has 0 N–H and O–H groups in total. The fraction of sp³-hybridized carbons (Fsp3) is 0.172. The highest BCUT2D eigenvalue weighted by Crippen LogP contribution is 2.34. The topological polar surface area (TPSA) is 80.0 Å². The number of fused-ring (bicyclic) bond motifs is 1. The van der Waals surface area contributed by atoms with Gasteiger partial charge in [0.15, 0.2) is 23.1 Å². The highest BCUT2D eigenvalue weighted by Gasteiger charge is 2.19. The molecular formula is C29H27N7. The van der Waals surface area contributed by atoms with Gasteiger partial charge in [0.2, 0.25) is 0 Å². The van der Waals surface area contributed by atoms with E-state index in [1.54, 1.807) is 6.34 Å². The number of benzene rings is 2. The standard InChI is InChI=1S/C29H27N7/c1-18-16-23(33-29-24(18)19(2)31-27(35-29)22-14-10-7-11-15-22)25-20(3)32-26(21-12-8-6-9-13-21)34-28(25)30-17-36(4)5/h6-17H,1-5H3. The fourth-order valence-corrected chi connectivity index (χ4v) is 4.21. The molecule has 0 unspecified atom stereocenters. The van der Waals surface area contributed by atoms with Gasteiger partial charge in [0.1, 0.15) is 0 Å². The van der Waals surface area contributed by atoms with E-state index in [2.05, 4.69) is 6.92 Å². The van der Waals surface area contributed by atoms with Crippen LogP contribution in [0.25, 0.3) is 45.1 Å². The van der Waals surface area contributed by atoms with Crippen molar-refractivity contribution in [3.8, 4) is 34.0 Å². The molecule has 0 aliphatic heterocycles. The number of hydrogen-bond donors (Lipinski definition) is 0. The Balaban J connectivity index is 1.73. The van der Waals surface area contributed by atoms with Crippen molar-refractivity contribution in [1.29, 1.82) is 0 Å². The van der Waals surface area contributed by atoms with Crippen molar-refractivity contribution in [2.45, 2.75) is 20.8 Å². The molecule has 0 spiro atoms. The molecule has 3 heterocycles. The number of rotatable bonds is 5. The first-order valence-corrected chi connectivity index (χ1v) is 11.8. The Hall–Kier alpha value is -4.52. The van der Waals surface area contributed by atoms with Gasteiger partial charge in [-0.3, -0.25) is 0 Å². The Morgan fingerprint density at radius 3 is 1.89 bits per heavy atom. The zero-order chi connectivity index (χ0) is 25.2. The molecular weight excluding hydrogens is 446 g/mol. The smallest absolute Gasteiger partial charge is 0.167 e. The van der Waals surface area contributed by atoms with Gasteiger partial charge in [0, 0.05) is 30.6 Å². The van der Waals surface area contributed by atoms with Gasteiger partial charge in [0.05, 0.1) is 29.0 Å². The van der Waals surface area contributed by atoms with Crippen LogP contribution in [-0.4, -0.2) is 50.3 Å². The van der Waals surface area contributed by atoms with E-state index in [-0.39, 0.29) is 0 Å². The SMILES string of the molecule is Cc1nc(-c2ccccc2)nc(N=CN(C)C)c1-c1cc(C)c2c(C)nc(-c3ccccc3)nc2n1. The second-order valence-corrected chi connectivity index (χ2v) is 8.93. The zero-order valence-corrected chi connectivity index (χ0v) is 21.1. The minimum atomic E-state index is 0.565. The van der Waals surface area contributed by atoms with Gasteiger partial charge in [0.25, 0.3) is 0 Å². The first-order chi connectivity index (χ1) is 17.4. The predicted octanol–water partition coefficient (Wildman–Crippen LogP) is 5.96. The molecule has 2 aromatic carbocycles. The molecule has 0 saturated carbocycles. The normalized spacial score (nSPS) is 11.4. The summed E-state index contributed by atoms with van der Waals surface area (Å²) in [5.74, 6) is 1.85. The third kappa shape index (κ3) is 4.55. The molecule has 7 nitrogen and oxygen atoms in total. The summed E-state index contributed by atoms with van der Waals surface area (Å²) < 4.78 is 0. The molecule has 5 aromatic rings. The first kappa shape index (κ1) is 23.2. The summed E-state index contributed by atoms with van der Waals surface area (Å²) in [7, 11) is 3.86. The van der Waals surface area contributed by atoms with E-state index in [1.807, 2.05) is 99.6 Å². The maximum Gasteiger partial charge on any atom is 0.167 e. The van der Waals surface area contributed by atoms with Crippen LogP contribution in [0.1, 0.15) is 17.0 Å². The van der Waals surface area contributed by atoms with Gasteiger partial charge < -0.3 is 4.90 Å². The lowest BCUT2D eigenvalue weighted by Gasteiger charge is -2.14. The van der Waals surface area contributed by atoms with E-state index in [1.165, 1.54) is 0 Å². The van der Waals surface area contributed by atoms with Gasteiger partial charge in [-0.05, 0) is 32.4 Å². The van der Waals surface area contributed by atoms with Gasteiger partial charge in [-0.1, -0.05) is 60.7 Å². The Morgan fingerprint density at radius 1 is 0.694 bits per heavy atom. The van der Waals surface area contributed by atoms with Crippen LogP contribution in [-0.2, 0) is 0 Å². The van der Waals surface area contributed by atoms with Crippen LogP contribution in [0.3, 0.4) is 0 Å². The number of pyridine rings is 1. The summed E-state index contributed by atoms with van der Waals surface area (Å²) in [5, 5.41) is 0.955. The second-order valence-electron chi connectivity index (χ2n) is 8.93. The highest BCUT2D eigenvalue weighted by molar-refractivity contribution is 5.87. The summed E-state index contributed by atoms with van der Waals surface area (Å²) in [4.78, 5) is 30.8. The molecule has 0 atom stereocenters. The fourth-order valence-electron chi connectivity index (χ4n) is 4.21. The van der Waals surface area contributed by atoms with Crippen LogP contribution >= 0.6 is 0 Å². The molecule has 36 heavy (non-hydrogen) atoms. The van der Waals surface area contributed by atoms with Crippen molar-refractivity contribution in [2.75, 3.05) is 14.1 Å². The van der Waals surface area contributed by atoms with Crippen LogP contribution in [0.4, 0.5) is 5.82 Å². The molecule has 0 bridgehead atoms. The van der Waals surface area contributed by atoms with Crippen molar-refractivity contribution in [3.63, 3.8) is 0 Å². The summed E-state index contributed by atoms with van der Waals surface area (Å²) in [6.45, 7) is 6.03. The molecule has 0 saturated heterocycles. The van der Waals surface area contributed by atoms with E-state index >= 15 is 0 Å². The Bertz CT molecular complexity index is 1580. The monoisotopic (exact) mass is 473 g/mol. The third-order valence-corrected chi connectivity index (χ3v) is 5.85. The van der Waals surface area contributed by atoms with Crippen molar-refractivity contribution >= 4 is 23.2 Å². The number of nitrogens with zero attached hydrogens (tertiary/aromatic N) is 7. The van der Waals surface area contributed by atoms with Crippen LogP contribution < -0.4 is 0 Å². The van der Waals surface area contributed by atoms with Gasteiger partial charge in [-0.25, -0.2) is 29.9 Å². The van der Waals surface area contributed by atoms with E-state index in [0.717, 1.165) is 44.7 Å². The number of aromatic nitrogens is 5. The van der Waals surface area contributed by atoms with E-state index in [9.17, 15) is 0 Å². The summed E-state index contributed by atoms with van der Waals surface area (Å²) in [6.07, 6.45) is 1.74. The summed E-state index contributed by atoms with van der Waals surface area (Å²) >= 11 is 0. The van der Waals surface area contributed by atoms with Crippen LogP contribution in [0.2, 0.25) is 0 Å². The lowest BCUT2D eigenvalue weighted by atomic mass is 10.0. The predicted molar refractivity (Wildman–Crippen MR) is 145 cm³/mol. The third-order valence-electron chi connectivity index (χ3n) is 5.85. The number of hydrogen-bond acceptors (Lipinski definition) is 6. The molecule has 178 valence electrons. The first-order valence-electron chi connectivity index (χ1n) is 11.8. The molecule has 0 aliphatic rings. The molecule has 5 rings (SSSR count). The molecule has 0 amide bonds. The minimum absolute atomic E-state index is 0.565. The highest BCUT2D eigenvalue weighted by atomic mass is 15.1. The van der Waals surface area contributed by atoms with Gasteiger partial charge in [-0.2, -0.15) is 0 Å². The Labute approximate surface area is 210 Å². The lowest BCUT2D eigenvalue weighted by molar-refractivity contribution is 0.643. The number of aliphatic imine (C=N–C) groups is 1. The van der Waals surface area contributed by atoms with Crippen molar-refractivity contribution in [2.24, 2.45) is 4.99 Å². The summed E-state index contributed by atoms with van der Waals surface area (Å²) in [5.41, 5.74) is 6.80. The van der Waals surface area contributed by atoms with Crippen LogP contribution in [0.15, 0.2) is 71.7 Å². The van der Waals surface area contributed by atoms with Gasteiger partial charge in [-0.15, -0.1) is 0 Å². The largest absolute Gasteiger partial charge is 0.369 e. The second kappa shape index (κ2) is 9.62. The maximum atomic E-state index is 4.99. The minimum Gasteiger partial charge on any atom is -0.369 e. The average Bonchev–Trinajstić information content (AvgIpc) is 2.87. The average molecular weight is 474 g/mol. The molecule has 0 aliphatic carbocycles. The molecule has 0 fully saturated rings. The van der Waals surface area contributed by atoms with Crippen molar-refractivity contribution < 1.29 is 0 Å². The number of aryl methyl sites for hydroxylation is 3. The van der Waals surface area contributed by atoms with Gasteiger partial charge >= 0.3 is 0 Å². The molecule has 7 heteroatoms. The maximum absolute atomic E-state index is 4.99. The van der Waals surface area contributed by atoms with Crippen molar-refractivity contribution in [1.82, 2.24) is 29.8 Å². The van der Waals surface area contributed by atoms with E-state index in [0.29, 0.717) is 23.1 Å². The quantitative estimate of drug-likeness (QED) is 0.231. The zero-order valence-electron chi connectivity index (χ0n) is 21.1. The Morgan fingerprint density at radius 2 is 1.28 bits per heavy atom. The van der Waals surface area contributed by atoms with Crippen LogP contribution in [0.5, 0.6) is 0 Å². The molecule has 3 aromatic heterocycles. The molecule has 0 radical (unpaired) electrons. The van der Waals surface area contributed by atoms with Crippen molar-refractivity contribution in [3.05, 3.63) is 83.7 Å². The van der Waals surface area contributed by atoms with Crippen LogP contribution in [0, 0.1) is 20.8 Å².